The molecule has 0 radical (unpaired) electrons. The van der Waals surface area contributed by atoms with Crippen molar-refractivity contribution in [2.24, 2.45) is 17.8 Å². The molecule has 0 unspecified atom stereocenters. The molecule has 1 aromatic rings. The predicted molar refractivity (Wildman–Crippen MR) is 88.1 cm³/mol. The van der Waals surface area contributed by atoms with Crippen LogP contribution >= 0.6 is 11.6 Å². The summed E-state index contributed by atoms with van der Waals surface area (Å²) in [5, 5.41) is 3.76. The summed E-state index contributed by atoms with van der Waals surface area (Å²) in [4.78, 5) is 12.3. The summed E-state index contributed by atoms with van der Waals surface area (Å²) >= 11 is 5.93. The molecule has 1 N–H and O–H groups in total. The molecule has 1 aromatic carbocycles. The van der Waals surface area contributed by atoms with Crippen LogP contribution in [0.2, 0.25) is 5.02 Å². The van der Waals surface area contributed by atoms with Crippen LogP contribution in [0.15, 0.2) is 24.3 Å². The zero-order chi connectivity index (χ0) is 15.7. The first kappa shape index (κ1) is 15.7. The Balaban J connectivity index is 1.52. The van der Waals surface area contributed by atoms with Crippen molar-refractivity contribution in [3.63, 3.8) is 0 Å². The highest BCUT2D eigenvalue weighted by Gasteiger charge is 2.42. The number of halogens is 1. The molecule has 3 nitrogen and oxygen atoms in total. The molecule has 2 bridgehead atoms. The summed E-state index contributed by atoms with van der Waals surface area (Å²) in [5.41, 5.74) is 0. The molecule has 2 saturated carbocycles. The number of ether oxygens (including phenoxy) is 1. The molecule has 1 amide bonds. The molecular formula is C18H24ClNO2. The van der Waals surface area contributed by atoms with E-state index in [1.165, 1.54) is 25.7 Å². The van der Waals surface area contributed by atoms with Crippen molar-refractivity contribution in [2.75, 3.05) is 0 Å². The number of fused-ring (bicyclic) bond motifs is 2. The van der Waals surface area contributed by atoms with Crippen molar-refractivity contribution in [1.29, 1.82) is 0 Å². The molecule has 0 heterocycles. The minimum atomic E-state index is -0.514. The van der Waals surface area contributed by atoms with Gasteiger partial charge in [-0.25, -0.2) is 0 Å². The Labute approximate surface area is 137 Å². The SMILES string of the molecule is C[C@H](Oc1cccc(Cl)c1)C(=O)N[C@@H](C)[C@H]1C[C@H]2CC[C@H]1C2. The van der Waals surface area contributed by atoms with Crippen LogP contribution in [0.4, 0.5) is 0 Å². The number of hydrogen-bond donors (Lipinski definition) is 1. The van der Waals surface area contributed by atoms with Crippen LogP contribution in [0.1, 0.15) is 39.5 Å². The van der Waals surface area contributed by atoms with E-state index >= 15 is 0 Å². The molecule has 0 aromatic heterocycles. The van der Waals surface area contributed by atoms with Crippen molar-refractivity contribution in [3.05, 3.63) is 29.3 Å². The van der Waals surface area contributed by atoms with Crippen molar-refractivity contribution in [3.8, 4) is 5.75 Å². The first-order valence-electron chi connectivity index (χ1n) is 8.25. The van der Waals surface area contributed by atoms with Gasteiger partial charge in [0.2, 0.25) is 0 Å². The van der Waals surface area contributed by atoms with E-state index in [1.54, 1.807) is 19.1 Å². The molecule has 4 heteroatoms. The third kappa shape index (κ3) is 3.40. The number of benzene rings is 1. The second-order valence-corrected chi connectivity index (χ2v) is 7.29. The van der Waals surface area contributed by atoms with Gasteiger partial charge in [-0.05, 0) is 69.1 Å². The van der Waals surface area contributed by atoms with Gasteiger partial charge in [0.05, 0.1) is 0 Å². The van der Waals surface area contributed by atoms with E-state index in [0.717, 1.165) is 11.8 Å². The average Bonchev–Trinajstić information content (AvgIpc) is 3.09. The minimum Gasteiger partial charge on any atom is -0.481 e. The van der Waals surface area contributed by atoms with E-state index in [0.29, 0.717) is 16.7 Å². The highest BCUT2D eigenvalue weighted by molar-refractivity contribution is 6.30. The first-order valence-corrected chi connectivity index (χ1v) is 8.63. The van der Waals surface area contributed by atoms with Gasteiger partial charge in [0.25, 0.3) is 5.91 Å². The van der Waals surface area contributed by atoms with Crippen molar-refractivity contribution in [2.45, 2.75) is 51.7 Å². The molecule has 5 atom stereocenters. The van der Waals surface area contributed by atoms with Gasteiger partial charge < -0.3 is 10.1 Å². The zero-order valence-electron chi connectivity index (χ0n) is 13.2. The summed E-state index contributed by atoms with van der Waals surface area (Å²) in [6.45, 7) is 3.92. The summed E-state index contributed by atoms with van der Waals surface area (Å²) in [5.74, 6) is 2.93. The van der Waals surface area contributed by atoms with Gasteiger partial charge in [-0.3, -0.25) is 4.79 Å². The Hall–Kier alpha value is -1.22. The Morgan fingerprint density at radius 1 is 1.32 bits per heavy atom. The van der Waals surface area contributed by atoms with Gasteiger partial charge in [-0.15, -0.1) is 0 Å². The number of hydrogen-bond acceptors (Lipinski definition) is 2. The maximum absolute atomic E-state index is 12.3. The van der Waals surface area contributed by atoms with Crippen LogP contribution in [0, 0.1) is 17.8 Å². The van der Waals surface area contributed by atoms with Crippen LogP contribution < -0.4 is 10.1 Å². The van der Waals surface area contributed by atoms with E-state index < -0.39 is 6.10 Å². The smallest absolute Gasteiger partial charge is 0.260 e. The highest BCUT2D eigenvalue weighted by atomic mass is 35.5. The summed E-state index contributed by atoms with van der Waals surface area (Å²) in [6, 6.07) is 7.38. The molecule has 0 aliphatic heterocycles. The van der Waals surface area contributed by atoms with Crippen molar-refractivity contribution in [1.82, 2.24) is 5.32 Å². The van der Waals surface area contributed by atoms with Gasteiger partial charge >= 0.3 is 0 Å². The molecule has 2 fully saturated rings. The highest BCUT2D eigenvalue weighted by Crippen LogP contribution is 2.49. The molecule has 22 heavy (non-hydrogen) atoms. The lowest BCUT2D eigenvalue weighted by Gasteiger charge is -2.29. The van der Waals surface area contributed by atoms with Crippen molar-refractivity contribution >= 4 is 17.5 Å². The monoisotopic (exact) mass is 321 g/mol. The maximum Gasteiger partial charge on any atom is 0.260 e. The molecule has 2 aliphatic carbocycles. The van der Waals surface area contributed by atoms with Crippen LogP contribution in [-0.2, 0) is 4.79 Å². The second kappa shape index (κ2) is 6.49. The number of carbonyl (C=O) groups excluding carboxylic acids is 1. The van der Waals surface area contributed by atoms with Crippen molar-refractivity contribution < 1.29 is 9.53 Å². The fourth-order valence-electron chi connectivity index (χ4n) is 4.15. The van der Waals surface area contributed by atoms with Gasteiger partial charge in [0.15, 0.2) is 6.10 Å². The third-order valence-electron chi connectivity index (χ3n) is 5.28. The molecule has 0 spiro atoms. The van der Waals surface area contributed by atoms with Gasteiger partial charge in [0.1, 0.15) is 5.75 Å². The lowest BCUT2D eigenvalue weighted by molar-refractivity contribution is -0.128. The van der Waals surface area contributed by atoms with Gasteiger partial charge in [0, 0.05) is 11.1 Å². The third-order valence-corrected chi connectivity index (χ3v) is 5.52. The normalized spacial score (nSPS) is 29.1. The summed E-state index contributed by atoms with van der Waals surface area (Å²) in [7, 11) is 0. The van der Waals surface area contributed by atoms with Crippen LogP contribution in [-0.4, -0.2) is 18.1 Å². The minimum absolute atomic E-state index is 0.0461. The average molecular weight is 322 g/mol. The molecule has 120 valence electrons. The second-order valence-electron chi connectivity index (χ2n) is 6.85. The Morgan fingerprint density at radius 3 is 2.77 bits per heavy atom. The fraction of sp³-hybridized carbons (Fsp3) is 0.611. The molecular weight excluding hydrogens is 298 g/mol. The largest absolute Gasteiger partial charge is 0.481 e. The number of nitrogens with one attached hydrogen (secondary N) is 1. The summed E-state index contributed by atoms with van der Waals surface area (Å²) < 4.78 is 5.69. The fourth-order valence-corrected chi connectivity index (χ4v) is 4.33. The van der Waals surface area contributed by atoms with E-state index in [4.69, 9.17) is 16.3 Å². The lowest BCUT2D eigenvalue weighted by atomic mass is 9.84. The van der Waals surface area contributed by atoms with Crippen LogP contribution in [0.3, 0.4) is 0 Å². The quantitative estimate of drug-likeness (QED) is 0.888. The van der Waals surface area contributed by atoms with Crippen LogP contribution in [0.25, 0.3) is 0 Å². The lowest BCUT2D eigenvalue weighted by Crippen LogP contribution is -2.45. The topological polar surface area (TPSA) is 38.3 Å². The Morgan fingerprint density at radius 2 is 2.14 bits per heavy atom. The van der Waals surface area contributed by atoms with Gasteiger partial charge in [-0.2, -0.15) is 0 Å². The predicted octanol–water partition coefficient (Wildman–Crippen LogP) is 4.05. The number of carbonyl (C=O) groups is 1. The Kier molecular flexibility index (Phi) is 4.62. The zero-order valence-corrected chi connectivity index (χ0v) is 14.0. The maximum atomic E-state index is 12.3. The number of rotatable bonds is 5. The molecule has 0 saturated heterocycles. The van der Waals surface area contributed by atoms with Gasteiger partial charge in [-0.1, -0.05) is 24.1 Å². The standard InChI is InChI=1S/C18H24ClNO2/c1-11(17-9-13-6-7-14(17)8-13)20-18(21)12(2)22-16-5-3-4-15(19)10-16/h3-5,10-14,17H,6-9H2,1-2H3,(H,20,21)/t11-,12-,13-,14-,17+/m0/s1. The van der Waals surface area contributed by atoms with Crippen LogP contribution in [0.5, 0.6) is 5.75 Å². The summed E-state index contributed by atoms with van der Waals surface area (Å²) in [6.07, 6.45) is 4.84. The van der Waals surface area contributed by atoms with E-state index in [2.05, 4.69) is 12.2 Å². The van der Waals surface area contributed by atoms with E-state index in [-0.39, 0.29) is 11.9 Å². The van der Waals surface area contributed by atoms with E-state index in [9.17, 15) is 4.79 Å². The molecule has 2 aliphatic rings. The number of amides is 1. The van der Waals surface area contributed by atoms with E-state index in [1.807, 2.05) is 12.1 Å². The first-order chi connectivity index (χ1) is 10.5. The molecule has 3 rings (SSSR count). The Bertz CT molecular complexity index is 548.